The molecule has 98 valence electrons. The third kappa shape index (κ3) is 3.12. The molecule has 0 saturated carbocycles. The number of benzene rings is 2. The number of rotatable bonds is 3. The summed E-state index contributed by atoms with van der Waals surface area (Å²) in [5.41, 5.74) is 0.730. The van der Waals surface area contributed by atoms with Crippen LogP contribution in [-0.4, -0.2) is 11.1 Å². The quantitative estimate of drug-likeness (QED) is 0.910. The van der Waals surface area contributed by atoms with E-state index in [1.165, 1.54) is 12.1 Å². The summed E-state index contributed by atoms with van der Waals surface area (Å²) in [7, 11) is 0. The van der Waals surface area contributed by atoms with Crippen LogP contribution in [0.25, 0.3) is 0 Å². The molecule has 0 aliphatic carbocycles. The van der Waals surface area contributed by atoms with Crippen molar-refractivity contribution in [1.82, 2.24) is 0 Å². The maximum absolute atomic E-state index is 13.7. The van der Waals surface area contributed by atoms with Crippen molar-refractivity contribution in [1.29, 1.82) is 0 Å². The van der Waals surface area contributed by atoms with E-state index < -0.39 is 11.8 Å². The summed E-state index contributed by atoms with van der Waals surface area (Å²) >= 11 is 3.33. The first kappa shape index (κ1) is 13.5. The highest BCUT2D eigenvalue weighted by molar-refractivity contribution is 9.10. The number of ether oxygens (including phenoxy) is 1. The average Bonchev–Trinajstić information content (AvgIpc) is 2.34. The number of aromatic carboxylic acids is 1. The van der Waals surface area contributed by atoms with Crippen LogP contribution in [0.3, 0.4) is 0 Å². The van der Waals surface area contributed by atoms with Gasteiger partial charge in [0, 0.05) is 4.47 Å². The molecule has 1 N–H and O–H groups in total. The number of carboxylic acid groups (broad SMARTS) is 1. The van der Waals surface area contributed by atoms with Crippen molar-refractivity contribution in [3.05, 3.63) is 57.8 Å². The molecule has 0 bridgehead atoms. The highest BCUT2D eigenvalue weighted by Gasteiger charge is 2.11. The van der Waals surface area contributed by atoms with Crippen molar-refractivity contribution >= 4 is 21.9 Å². The molecule has 0 unspecified atom stereocenters. The summed E-state index contributed by atoms with van der Waals surface area (Å²) in [4.78, 5) is 10.7. The van der Waals surface area contributed by atoms with Gasteiger partial charge in [-0.15, -0.1) is 0 Å². The number of hydrogen-bond donors (Lipinski definition) is 1. The molecule has 0 aliphatic rings. The summed E-state index contributed by atoms with van der Waals surface area (Å²) in [5.74, 6) is -1.37. The lowest BCUT2D eigenvalue weighted by Gasteiger charge is -2.10. The highest BCUT2D eigenvalue weighted by atomic mass is 79.9. The van der Waals surface area contributed by atoms with Crippen LogP contribution in [0.15, 0.2) is 40.9 Å². The van der Waals surface area contributed by atoms with Crippen LogP contribution >= 0.6 is 15.9 Å². The maximum atomic E-state index is 13.7. The van der Waals surface area contributed by atoms with Gasteiger partial charge in [-0.2, -0.15) is 0 Å². The van der Waals surface area contributed by atoms with Crippen molar-refractivity contribution in [2.24, 2.45) is 0 Å². The fraction of sp³-hybridized carbons (Fsp3) is 0.0714. The average molecular weight is 325 g/mol. The second kappa shape index (κ2) is 5.40. The minimum Gasteiger partial charge on any atom is -0.478 e. The van der Waals surface area contributed by atoms with Gasteiger partial charge in [-0.05, 0) is 48.9 Å². The third-order valence-corrected chi connectivity index (χ3v) is 3.03. The van der Waals surface area contributed by atoms with Crippen LogP contribution in [0.4, 0.5) is 4.39 Å². The second-order valence-electron chi connectivity index (χ2n) is 3.96. The normalized spacial score (nSPS) is 10.3. The predicted molar refractivity (Wildman–Crippen MR) is 72.3 cm³/mol. The molecule has 2 aromatic rings. The fourth-order valence-corrected chi connectivity index (χ4v) is 2.04. The summed E-state index contributed by atoms with van der Waals surface area (Å²) in [6, 6.07) is 8.88. The van der Waals surface area contributed by atoms with E-state index in [0.29, 0.717) is 5.75 Å². The van der Waals surface area contributed by atoms with Gasteiger partial charge in [0.25, 0.3) is 0 Å². The molecular formula is C14H10BrFO3. The van der Waals surface area contributed by atoms with Crippen molar-refractivity contribution in [3.8, 4) is 11.5 Å². The molecule has 0 aliphatic heterocycles. The molecule has 0 heterocycles. The monoisotopic (exact) mass is 324 g/mol. The Labute approximate surface area is 117 Å². The second-order valence-corrected chi connectivity index (χ2v) is 4.88. The van der Waals surface area contributed by atoms with E-state index in [-0.39, 0.29) is 11.3 Å². The van der Waals surface area contributed by atoms with Gasteiger partial charge in [0.2, 0.25) is 0 Å². The smallest absolute Gasteiger partial charge is 0.335 e. The lowest BCUT2D eigenvalue weighted by molar-refractivity contribution is 0.0696. The largest absolute Gasteiger partial charge is 0.478 e. The van der Waals surface area contributed by atoms with Crippen LogP contribution in [0.5, 0.6) is 11.5 Å². The van der Waals surface area contributed by atoms with Gasteiger partial charge in [0.15, 0.2) is 11.6 Å². The first-order valence-corrected chi connectivity index (χ1v) is 6.23. The van der Waals surface area contributed by atoms with E-state index in [4.69, 9.17) is 9.84 Å². The molecule has 0 atom stereocenters. The SMILES string of the molecule is Cc1cc(Br)ccc1Oc1ccc(C(=O)O)cc1F. The van der Waals surface area contributed by atoms with E-state index >= 15 is 0 Å². The molecule has 2 aromatic carbocycles. The van der Waals surface area contributed by atoms with E-state index in [1.807, 2.05) is 13.0 Å². The minimum atomic E-state index is -1.18. The lowest BCUT2D eigenvalue weighted by atomic mass is 10.2. The Bertz CT molecular complexity index is 641. The third-order valence-electron chi connectivity index (χ3n) is 2.54. The van der Waals surface area contributed by atoms with Crippen molar-refractivity contribution in [3.63, 3.8) is 0 Å². The Morgan fingerprint density at radius 2 is 1.89 bits per heavy atom. The number of halogens is 2. The zero-order chi connectivity index (χ0) is 14.0. The van der Waals surface area contributed by atoms with Crippen LogP contribution in [0.2, 0.25) is 0 Å². The molecular weight excluding hydrogens is 315 g/mol. The highest BCUT2D eigenvalue weighted by Crippen LogP contribution is 2.29. The fourth-order valence-electron chi connectivity index (χ4n) is 1.56. The first-order chi connectivity index (χ1) is 8.97. The Kier molecular flexibility index (Phi) is 3.85. The van der Waals surface area contributed by atoms with Crippen molar-refractivity contribution in [2.45, 2.75) is 6.92 Å². The number of aryl methyl sites for hydroxylation is 1. The van der Waals surface area contributed by atoms with Gasteiger partial charge >= 0.3 is 5.97 Å². The van der Waals surface area contributed by atoms with Gasteiger partial charge < -0.3 is 9.84 Å². The molecule has 0 spiro atoms. The van der Waals surface area contributed by atoms with Gasteiger partial charge in [0.1, 0.15) is 5.75 Å². The zero-order valence-corrected chi connectivity index (χ0v) is 11.6. The van der Waals surface area contributed by atoms with Gasteiger partial charge in [-0.25, -0.2) is 9.18 Å². The number of carboxylic acids is 1. The standard InChI is InChI=1S/C14H10BrFO3/c1-8-6-10(15)3-5-12(8)19-13-4-2-9(14(17)18)7-11(13)16/h2-7H,1H3,(H,17,18). The van der Waals surface area contributed by atoms with Crippen LogP contribution in [0.1, 0.15) is 15.9 Å². The summed E-state index contributed by atoms with van der Waals surface area (Å²) in [5, 5.41) is 8.75. The maximum Gasteiger partial charge on any atom is 0.335 e. The van der Waals surface area contributed by atoms with Gasteiger partial charge in [0.05, 0.1) is 5.56 Å². The van der Waals surface area contributed by atoms with Crippen molar-refractivity contribution < 1.29 is 19.0 Å². The molecule has 0 radical (unpaired) electrons. The van der Waals surface area contributed by atoms with Crippen LogP contribution in [-0.2, 0) is 0 Å². The Morgan fingerprint density at radius 3 is 2.47 bits per heavy atom. The zero-order valence-electron chi connectivity index (χ0n) is 9.98. The summed E-state index contributed by atoms with van der Waals surface area (Å²) < 4.78 is 20.1. The van der Waals surface area contributed by atoms with Gasteiger partial charge in [-0.1, -0.05) is 15.9 Å². The summed E-state index contributed by atoms with van der Waals surface area (Å²) in [6.07, 6.45) is 0. The van der Waals surface area contributed by atoms with Crippen LogP contribution in [0, 0.1) is 12.7 Å². The molecule has 0 amide bonds. The lowest BCUT2D eigenvalue weighted by Crippen LogP contribution is -1.98. The summed E-state index contributed by atoms with van der Waals surface area (Å²) in [6.45, 7) is 1.84. The topological polar surface area (TPSA) is 46.5 Å². The van der Waals surface area contributed by atoms with Crippen LogP contribution < -0.4 is 4.74 Å². The van der Waals surface area contributed by atoms with E-state index in [9.17, 15) is 9.18 Å². The minimum absolute atomic E-state index is 0.00424. The Morgan fingerprint density at radius 1 is 1.21 bits per heavy atom. The molecule has 19 heavy (non-hydrogen) atoms. The number of hydrogen-bond acceptors (Lipinski definition) is 2. The molecule has 3 nitrogen and oxygen atoms in total. The molecule has 0 saturated heterocycles. The molecule has 0 fully saturated rings. The van der Waals surface area contributed by atoms with Gasteiger partial charge in [-0.3, -0.25) is 0 Å². The van der Waals surface area contributed by atoms with E-state index in [2.05, 4.69) is 15.9 Å². The molecule has 2 rings (SSSR count). The Balaban J connectivity index is 2.31. The molecule has 0 aromatic heterocycles. The van der Waals surface area contributed by atoms with Crippen molar-refractivity contribution in [2.75, 3.05) is 0 Å². The first-order valence-electron chi connectivity index (χ1n) is 5.44. The Hall–Kier alpha value is -1.88. The van der Waals surface area contributed by atoms with E-state index in [0.717, 1.165) is 16.1 Å². The number of carbonyl (C=O) groups is 1. The van der Waals surface area contributed by atoms with E-state index in [1.54, 1.807) is 12.1 Å². The molecule has 5 heteroatoms. The predicted octanol–water partition coefficient (Wildman–Crippen LogP) is 4.39.